The van der Waals surface area contributed by atoms with E-state index in [0.717, 1.165) is 32.6 Å². The second-order valence-electron chi connectivity index (χ2n) is 6.63. The maximum Gasteiger partial charge on any atom is 0.0344 e. The number of benzene rings is 2. The van der Waals surface area contributed by atoms with Gasteiger partial charge in [-0.15, -0.1) is 0 Å². The summed E-state index contributed by atoms with van der Waals surface area (Å²) in [4.78, 5) is 2.46. The van der Waals surface area contributed by atoms with Gasteiger partial charge < -0.3 is 11.1 Å². The monoisotopic (exact) mass is 323 g/mol. The Bertz CT molecular complexity index is 664. The number of rotatable bonds is 7. The molecule has 3 N–H and O–H groups in total. The number of hydrogen-bond acceptors (Lipinski definition) is 3. The number of fused-ring (bicyclic) bond motifs is 1. The smallest absolute Gasteiger partial charge is 0.0344 e. The predicted molar refractivity (Wildman–Crippen MR) is 101 cm³/mol. The van der Waals surface area contributed by atoms with E-state index < -0.39 is 0 Å². The molecule has 1 aliphatic carbocycles. The van der Waals surface area contributed by atoms with E-state index >= 15 is 0 Å². The van der Waals surface area contributed by atoms with Crippen LogP contribution in [0.5, 0.6) is 0 Å². The molecule has 0 spiro atoms. The fourth-order valence-electron chi connectivity index (χ4n) is 3.67. The molecule has 0 bridgehead atoms. The highest BCUT2D eigenvalue weighted by Gasteiger charge is 2.27. The van der Waals surface area contributed by atoms with Crippen LogP contribution in [0.2, 0.25) is 0 Å². The summed E-state index contributed by atoms with van der Waals surface area (Å²) in [6.07, 6.45) is 0.984. The summed E-state index contributed by atoms with van der Waals surface area (Å²) in [6, 6.07) is 17.9. The molecule has 2 unspecified atom stereocenters. The molecule has 0 radical (unpaired) electrons. The third-order valence-corrected chi connectivity index (χ3v) is 5.21. The topological polar surface area (TPSA) is 41.3 Å². The summed E-state index contributed by atoms with van der Waals surface area (Å²) in [5, 5.41) is 3.74. The maximum atomic E-state index is 6.29. The van der Waals surface area contributed by atoms with E-state index in [4.69, 9.17) is 5.73 Å². The Morgan fingerprint density at radius 3 is 2.29 bits per heavy atom. The Kier molecular flexibility index (Phi) is 5.67. The molecule has 3 nitrogen and oxygen atoms in total. The first kappa shape index (κ1) is 17.2. The van der Waals surface area contributed by atoms with Crippen LogP contribution >= 0.6 is 0 Å². The number of nitrogens with two attached hydrogens (primary N) is 1. The van der Waals surface area contributed by atoms with Crippen molar-refractivity contribution < 1.29 is 0 Å². The second-order valence-corrected chi connectivity index (χ2v) is 6.63. The third kappa shape index (κ3) is 3.69. The fraction of sp³-hybridized carbons (Fsp3) is 0.429. The van der Waals surface area contributed by atoms with Crippen molar-refractivity contribution in [2.45, 2.75) is 45.4 Å². The van der Waals surface area contributed by atoms with Crippen molar-refractivity contribution in [3.05, 3.63) is 70.8 Å². The van der Waals surface area contributed by atoms with Gasteiger partial charge in [0.05, 0.1) is 0 Å². The van der Waals surface area contributed by atoms with E-state index in [2.05, 4.69) is 72.6 Å². The molecule has 0 aliphatic heterocycles. The summed E-state index contributed by atoms with van der Waals surface area (Å²) >= 11 is 0. The minimum Gasteiger partial charge on any atom is -0.324 e. The Balaban J connectivity index is 1.70. The molecule has 2 aromatic rings. The van der Waals surface area contributed by atoms with Crippen molar-refractivity contribution in [1.29, 1.82) is 0 Å². The van der Waals surface area contributed by atoms with Gasteiger partial charge in [0.2, 0.25) is 0 Å². The van der Waals surface area contributed by atoms with Gasteiger partial charge >= 0.3 is 0 Å². The van der Waals surface area contributed by atoms with Gasteiger partial charge in [-0.2, -0.15) is 0 Å². The lowest BCUT2D eigenvalue weighted by Crippen LogP contribution is -2.24. The predicted octanol–water partition coefficient (Wildman–Crippen LogP) is 3.76. The summed E-state index contributed by atoms with van der Waals surface area (Å²) < 4.78 is 0. The molecule has 2 aromatic carbocycles. The Morgan fingerprint density at radius 2 is 1.58 bits per heavy atom. The van der Waals surface area contributed by atoms with Crippen molar-refractivity contribution >= 4 is 0 Å². The lowest BCUT2D eigenvalue weighted by Gasteiger charge is -2.21. The molecule has 0 amide bonds. The molecule has 0 fully saturated rings. The first-order valence-electron chi connectivity index (χ1n) is 9.09. The number of nitrogens with zero attached hydrogens (tertiary/aromatic N) is 1. The highest BCUT2D eigenvalue weighted by Crippen LogP contribution is 2.37. The van der Waals surface area contributed by atoms with E-state index in [1.807, 2.05) is 0 Å². The largest absolute Gasteiger partial charge is 0.324 e. The van der Waals surface area contributed by atoms with Gasteiger partial charge in [0.15, 0.2) is 0 Å². The zero-order valence-electron chi connectivity index (χ0n) is 14.8. The summed E-state index contributed by atoms with van der Waals surface area (Å²) in [5.74, 6) is 0. The molecule has 0 saturated heterocycles. The van der Waals surface area contributed by atoms with Crippen LogP contribution in [0.25, 0.3) is 0 Å². The van der Waals surface area contributed by atoms with E-state index in [1.165, 1.54) is 22.3 Å². The first-order valence-corrected chi connectivity index (χ1v) is 9.09. The van der Waals surface area contributed by atoms with Crippen molar-refractivity contribution in [2.24, 2.45) is 5.73 Å². The van der Waals surface area contributed by atoms with Gasteiger partial charge in [-0.1, -0.05) is 62.4 Å². The summed E-state index contributed by atoms with van der Waals surface area (Å²) in [7, 11) is 0. The number of hydrogen-bond donors (Lipinski definition) is 2. The van der Waals surface area contributed by atoms with Gasteiger partial charge in [-0.05, 0) is 41.8 Å². The third-order valence-electron chi connectivity index (χ3n) is 5.21. The molecule has 3 rings (SSSR count). The lowest BCUT2D eigenvalue weighted by atomic mass is 10.0. The Hall–Kier alpha value is -1.68. The van der Waals surface area contributed by atoms with E-state index in [0.29, 0.717) is 6.04 Å². The zero-order chi connectivity index (χ0) is 16.9. The van der Waals surface area contributed by atoms with Gasteiger partial charge in [-0.3, -0.25) is 4.90 Å². The molecule has 3 heteroatoms. The van der Waals surface area contributed by atoms with Crippen LogP contribution < -0.4 is 11.1 Å². The van der Waals surface area contributed by atoms with Gasteiger partial charge in [0, 0.05) is 25.2 Å². The number of nitrogens with one attached hydrogen (secondary N) is 1. The van der Waals surface area contributed by atoms with Crippen molar-refractivity contribution in [3.8, 4) is 0 Å². The van der Waals surface area contributed by atoms with Gasteiger partial charge in [0.25, 0.3) is 0 Å². The van der Waals surface area contributed by atoms with Crippen LogP contribution in [0.4, 0.5) is 0 Å². The fourth-order valence-corrected chi connectivity index (χ4v) is 3.67. The molecule has 0 saturated carbocycles. The molecule has 0 heterocycles. The van der Waals surface area contributed by atoms with Crippen LogP contribution in [0.15, 0.2) is 48.5 Å². The molecular formula is C21H29N3. The molecule has 128 valence electrons. The quantitative estimate of drug-likeness (QED) is 0.815. The average molecular weight is 323 g/mol. The maximum absolute atomic E-state index is 6.29. The normalized spacial score (nSPS) is 19.7. The van der Waals surface area contributed by atoms with E-state index in [1.54, 1.807) is 0 Å². The Labute approximate surface area is 145 Å². The van der Waals surface area contributed by atoms with Crippen molar-refractivity contribution in [1.82, 2.24) is 10.2 Å². The highest BCUT2D eigenvalue weighted by molar-refractivity contribution is 5.37. The lowest BCUT2D eigenvalue weighted by molar-refractivity contribution is 0.294. The van der Waals surface area contributed by atoms with E-state index in [9.17, 15) is 0 Å². The highest BCUT2D eigenvalue weighted by atomic mass is 15.1. The average Bonchev–Trinajstić information content (AvgIpc) is 2.95. The molecular weight excluding hydrogens is 294 g/mol. The van der Waals surface area contributed by atoms with Crippen molar-refractivity contribution in [3.63, 3.8) is 0 Å². The molecule has 0 aromatic heterocycles. The summed E-state index contributed by atoms with van der Waals surface area (Å²) in [6.45, 7) is 8.53. The van der Waals surface area contributed by atoms with Crippen molar-refractivity contribution in [2.75, 3.05) is 13.1 Å². The second kappa shape index (κ2) is 7.93. The van der Waals surface area contributed by atoms with Gasteiger partial charge in [0.1, 0.15) is 0 Å². The van der Waals surface area contributed by atoms with Crippen LogP contribution in [-0.2, 0) is 13.1 Å². The molecule has 2 atom stereocenters. The standard InChI is InChI=1S/C21H29N3/c1-3-24(4-2)15-17-10-6-5-9-16(17)14-23-21-13-20(22)18-11-7-8-12-19(18)21/h5-12,20-21,23H,3-4,13-15,22H2,1-2H3. The van der Waals surface area contributed by atoms with Gasteiger partial charge in [-0.25, -0.2) is 0 Å². The Morgan fingerprint density at radius 1 is 0.958 bits per heavy atom. The van der Waals surface area contributed by atoms with Crippen LogP contribution in [0.1, 0.15) is 54.6 Å². The SMILES string of the molecule is CCN(CC)Cc1ccccc1CNC1CC(N)c2ccccc21. The molecule has 1 aliphatic rings. The zero-order valence-corrected chi connectivity index (χ0v) is 14.8. The van der Waals surface area contributed by atoms with Crippen LogP contribution in [-0.4, -0.2) is 18.0 Å². The first-order chi connectivity index (χ1) is 11.7. The molecule has 24 heavy (non-hydrogen) atoms. The minimum absolute atomic E-state index is 0.157. The summed E-state index contributed by atoms with van der Waals surface area (Å²) in [5.41, 5.74) is 11.8. The minimum atomic E-state index is 0.157. The van der Waals surface area contributed by atoms with Crippen LogP contribution in [0.3, 0.4) is 0 Å². The van der Waals surface area contributed by atoms with E-state index in [-0.39, 0.29) is 6.04 Å². The van der Waals surface area contributed by atoms with Crippen LogP contribution in [0, 0.1) is 0 Å².